The number of hydrogen-bond acceptors (Lipinski definition) is 11. The number of alkyl halides is 1. The van der Waals surface area contributed by atoms with Gasteiger partial charge in [0.2, 0.25) is 5.91 Å². The van der Waals surface area contributed by atoms with Crippen molar-refractivity contribution in [3.63, 3.8) is 0 Å². The number of hydrogen-bond donors (Lipinski definition) is 4. The van der Waals surface area contributed by atoms with Crippen LogP contribution in [0.5, 0.6) is 11.5 Å². The summed E-state index contributed by atoms with van der Waals surface area (Å²) in [5.41, 5.74) is 19.0. The minimum Gasteiger partial charge on any atom is -0.491 e. The van der Waals surface area contributed by atoms with E-state index in [1.807, 2.05) is 13.8 Å². The van der Waals surface area contributed by atoms with Gasteiger partial charge in [-0.15, -0.1) is 6.58 Å². The lowest BCUT2D eigenvalue weighted by atomic mass is 9.88. The molecule has 7 N–H and O–H groups in total. The first-order valence-corrected chi connectivity index (χ1v) is 17.8. The summed E-state index contributed by atoms with van der Waals surface area (Å²) in [6.07, 6.45) is 2.75. The maximum Gasteiger partial charge on any atom is 0.412 e. The maximum absolute atomic E-state index is 16.4. The Labute approximate surface area is 326 Å². The summed E-state index contributed by atoms with van der Waals surface area (Å²) < 4.78 is 33.0. The quantitative estimate of drug-likeness (QED) is 0.0899. The number of halogens is 1. The largest absolute Gasteiger partial charge is 0.491 e. The van der Waals surface area contributed by atoms with Gasteiger partial charge in [0.05, 0.1) is 41.7 Å². The van der Waals surface area contributed by atoms with E-state index in [2.05, 4.69) is 31.6 Å². The number of rotatable bonds is 17. The van der Waals surface area contributed by atoms with Gasteiger partial charge in [-0.05, 0) is 101 Å². The van der Waals surface area contributed by atoms with Crippen LogP contribution in [0.25, 0.3) is 22.4 Å². The highest BCUT2D eigenvalue weighted by Crippen LogP contribution is 2.32. The number of carbonyl (C=O) groups excluding carboxylic acids is 3. The number of aryl methyl sites for hydroxylation is 1. The number of benzene rings is 1. The van der Waals surface area contributed by atoms with Crippen molar-refractivity contribution in [3.05, 3.63) is 90.4 Å². The Kier molecular flexibility index (Phi) is 13.5. The Morgan fingerprint density at radius 3 is 2.14 bits per heavy atom. The monoisotopic (exact) mass is 770 g/mol. The third kappa shape index (κ3) is 12.0. The van der Waals surface area contributed by atoms with Crippen LogP contribution >= 0.6 is 0 Å². The van der Waals surface area contributed by atoms with Gasteiger partial charge in [0.15, 0.2) is 0 Å². The Bertz CT molecular complexity index is 2090. The van der Waals surface area contributed by atoms with Crippen LogP contribution in [-0.4, -0.2) is 76.5 Å². The molecule has 298 valence electrons. The van der Waals surface area contributed by atoms with Crippen LogP contribution in [0.15, 0.2) is 79.1 Å². The number of amides is 3. The van der Waals surface area contributed by atoms with Crippen LogP contribution in [0.4, 0.5) is 20.8 Å². The highest BCUT2D eigenvalue weighted by atomic mass is 19.1. The number of carbonyl (C=O) groups is 3. The Morgan fingerprint density at radius 1 is 0.875 bits per heavy atom. The zero-order chi connectivity index (χ0) is 41.4. The van der Waals surface area contributed by atoms with Crippen molar-refractivity contribution in [3.8, 4) is 33.9 Å². The van der Waals surface area contributed by atoms with Gasteiger partial charge in [-0.3, -0.25) is 19.8 Å². The van der Waals surface area contributed by atoms with E-state index in [1.165, 1.54) is 38.3 Å². The Morgan fingerprint density at radius 2 is 1.50 bits per heavy atom. The van der Waals surface area contributed by atoms with E-state index in [4.69, 9.17) is 26.7 Å². The van der Waals surface area contributed by atoms with E-state index < -0.39 is 34.7 Å². The molecule has 0 radical (unpaired) electrons. The van der Waals surface area contributed by atoms with Crippen molar-refractivity contribution in [2.45, 2.75) is 71.1 Å². The number of nitrogens with two attached hydrogens (primary N) is 3. The van der Waals surface area contributed by atoms with Gasteiger partial charge in [0.25, 0.3) is 5.91 Å². The van der Waals surface area contributed by atoms with Crippen molar-refractivity contribution >= 4 is 29.5 Å². The highest BCUT2D eigenvalue weighted by Gasteiger charge is 2.37. The van der Waals surface area contributed by atoms with E-state index in [0.717, 1.165) is 5.57 Å². The van der Waals surface area contributed by atoms with Crippen molar-refractivity contribution in [2.75, 3.05) is 37.1 Å². The van der Waals surface area contributed by atoms with Crippen LogP contribution in [0.2, 0.25) is 0 Å². The van der Waals surface area contributed by atoms with Crippen LogP contribution < -0.4 is 36.9 Å². The normalized spacial score (nSPS) is 14.3. The summed E-state index contributed by atoms with van der Waals surface area (Å²) in [5.74, 6) is 0.117. The lowest BCUT2D eigenvalue weighted by Crippen LogP contribution is -2.51. The smallest absolute Gasteiger partial charge is 0.412 e. The molecule has 0 aliphatic heterocycles. The first-order chi connectivity index (χ1) is 26.2. The summed E-state index contributed by atoms with van der Waals surface area (Å²) >= 11 is 0. The molecular weight excluding hydrogens is 719 g/mol. The fraction of sp³-hybridized carbons (Fsp3) is 0.366. The van der Waals surface area contributed by atoms with E-state index in [0.29, 0.717) is 46.1 Å². The molecular formula is C41H51FN8O6. The fourth-order valence-electron chi connectivity index (χ4n) is 6.31. The maximum atomic E-state index is 16.4. The zero-order valence-electron chi connectivity index (χ0n) is 32.9. The molecule has 0 bridgehead atoms. The Hall–Kier alpha value is -5.93. The van der Waals surface area contributed by atoms with E-state index >= 15 is 4.39 Å². The molecule has 1 aromatic carbocycles. The second-order valence-electron chi connectivity index (χ2n) is 15.0. The van der Waals surface area contributed by atoms with Gasteiger partial charge in [0, 0.05) is 31.3 Å². The minimum atomic E-state index is -1.97. The SMILES string of the molecule is C=C(C)C[C@](C)(N)COc1ccc(-c2ccnc(N(CC(C)(F)CC(C)(N)COc3ccc(-c4ccnc(NC(=O)OC)c4)nc3C)C(C)=O)c2)cc1C(N)=O. The predicted octanol–water partition coefficient (Wildman–Crippen LogP) is 6.12. The van der Waals surface area contributed by atoms with Crippen LogP contribution in [-0.2, 0) is 9.53 Å². The molecule has 0 aliphatic carbocycles. The summed E-state index contributed by atoms with van der Waals surface area (Å²) in [4.78, 5) is 51.3. The molecule has 3 atom stereocenters. The topological polar surface area (TPSA) is 211 Å². The number of primary amides is 1. The van der Waals surface area contributed by atoms with E-state index in [-0.39, 0.29) is 43.3 Å². The summed E-state index contributed by atoms with van der Waals surface area (Å²) in [6, 6.07) is 15.2. The third-order valence-corrected chi connectivity index (χ3v) is 8.57. The molecule has 56 heavy (non-hydrogen) atoms. The molecule has 3 heterocycles. The Balaban J connectivity index is 1.45. The molecule has 14 nitrogen and oxygen atoms in total. The number of anilines is 2. The van der Waals surface area contributed by atoms with Gasteiger partial charge in [-0.2, -0.15) is 0 Å². The second kappa shape index (κ2) is 17.7. The van der Waals surface area contributed by atoms with Gasteiger partial charge in [-0.1, -0.05) is 11.6 Å². The average Bonchev–Trinajstić information content (AvgIpc) is 3.11. The molecule has 0 spiro atoms. The van der Waals surface area contributed by atoms with Crippen LogP contribution in [0, 0.1) is 6.92 Å². The van der Waals surface area contributed by atoms with Gasteiger partial charge >= 0.3 is 6.09 Å². The van der Waals surface area contributed by atoms with E-state index in [9.17, 15) is 14.4 Å². The van der Waals surface area contributed by atoms with Crippen LogP contribution in [0.3, 0.4) is 0 Å². The standard InChI is InChI=1S/C41H51FN8O6/c1-25(2)20-40(6,44)23-56-34-11-9-28(17-31(34)37(43)52)29-13-16-47-36(19-29)50(27(4)51)22-39(5,42)21-41(7,45)24-55-33-12-10-32(48-26(33)3)30-14-15-46-35(18-30)49-38(53)54-8/h9-19H,1,20-24,44-45H2,2-8H3,(H2,43,52)(H,46,49,53)/t39?,40-,41?/m0/s1. The lowest BCUT2D eigenvalue weighted by Gasteiger charge is -2.35. The summed E-state index contributed by atoms with van der Waals surface area (Å²) in [6.45, 7) is 13.5. The van der Waals surface area contributed by atoms with Crippen molar-refractivity contribution in [2.24, 2.45) is 17.2 Å². The molecule has 3 amide bonds. The molecule has 15 heteroatoms. The van der Waals surface area contributed by atoms with Gasteiger partial charge in [-0.25, -0.2) is 24.1 Å². The van der Waals surface area contributed by atoms with Gasteiger partial charge < -0.3 is 31.4 Å². The van der Waals surface area contributed by atoms with Crippen molar-refractivity contribution < 1.29 is 33.0 Å². The zero-order valence-corrected chi connectivity index (χ0v) is 32.9. The number of ether oxygens (including phenoxy) is 3. The second-order valence-corrected chi connectivity index (χ2v) is 15.0. The van der Waals surface area contributed by atoms with Crippen molar-refractivity contribution in [1.82, 2.24) is 15.0 Å². The highest BCUT2D eigenvalue weighted by molar-refractivity contribution is 5.97. The number of pyridine rings is 3. The third-order valence-electron chi connectivity index (χ3n) is 8.57. The minimum absolute atomic E-state index is 0.0506. The van der Waals surface area contributed by atoms with E-state index in [1.54, 1.807) is 68.4 Å². The number of methoxy groups -OCH3 is 1. The first kappa shape index (κ1) is 42.8. The average molecular weight is 771 g/mol. The lowest BCUT2D eigenvalue weighted by molar-refractivity contribution is -0.117. The van der Waals surface area contributed by atoms with Crippen LogP contribution in [0.1, 0.15) is 63.5 Å². The molecule has 4 rings (SSSR count). The number of nitrogens with zero attached hydrogens (tertiary/aromatic N) is 4. The fourth-order valence-corrected chi connectivity index (χ4v) is 6.31. The molecule has 0 aliphatic rings. The molecule has 3 aromatic heterocycles. The molecule has 2 unspecified atom stereocenters. The molecule has 0 saturated heterocycles. The predicted molar refractivity (Wildman–Crippen MR) is 214 cm³/mol. The molecule has 0 fully saturated rings. The molecule has 0 saturated carbocycles. The number of aromatic nitrogens is 3. The van der Waals surface area contributed by atoms with Crippen molar-refractivity contribution in [1.29, 1.82) is 0 Å². The summed E-state index contributed by atoms with van der Waals surface area (Å²) in [7, 11) is 1.26. The number of nitrogens with one attached hydrogen (secondary N) is 1. The first-order valence-electron chi connectivity index (χ1n) is 17.8. The summed E-state index contributed by atoms with van der Waals surface area (Å²) in [5, 5.41) is 2.52. The molecule has 4 aromatic rings. The van der Waals surface area contributed by atoms with Gasteiger partial charge in [0.1, 0.15) is 42.0 Å².